The first-order valence-electron chi connectivity index (χ1n) is 6.54. The van der Waals surface area contributed by atoms with Gasteiger partial charge in [-0.15, -0.1) is 0 Å². The summed E-state index contributed by atoms with van der Waals surface area (Å²) in [6, 6.07) is 1.55. The minimum atomic E-state index is -0.254. The number of hydrogen-bond acceptors (Lipinski definition) is 2. The fourth-order valence-corrected chi connectivity index (χ4v) is 2.80. The van der Waals surface area contributed by atoms with E-state index in [-0.39, 0.29) is 5.82 Å². The molecule has 1 heterocycles. The molecule has 17 heavy (non-hydrogen) atoms. The number of pyridine rings is 1. The molecule has 1 fully saturated rings. The molecule has 0 aliphatic heterocycles. The Kier molecular flexibility index (Phi) is 4.11. The van der Waals surface area contributed by atoms with Gasteiger partial charge in [0, 0.05) is 19.3 Å². The number of hydrogen-bond donors (Lipinski definition) is 1. The Balaban J connectivity index is 1.82. The molecule has 0 atom stereocenters. The summed E-state index contributed by atoms with van der Waals surface area (Å²) in [5, 5.41) is 3.46. The molecule has 0 saturated heterocycles. The van der Waals surface area contributed by atoms with E-state index >= 15 is 0 Å². The van der Waals surface area contributed by atoms with Crippen molar-refractivity contribution in [1.29, 1.82) is 0 Å². The fraction of sp³-hybridized carbons (Fsp3) is 0.643. The highest BCUT2D eigenvalue weighted by Gasteiger charge is 2.31. The van der Waals surface area contributed by atoms with E-state index in [4.69, 9.17) is 0 Å². The lowest BCUT2D eigenvalue weighted by atomic mass is 9.83. The van der Waals surface area contributed by atoms with E-state index in [1.54, 1.807) is 12.3 Å². The number of rotatable bonds is 5. The molecule has 3 heteroatoms. The van der Waals surface area contributed by atoms with Crippen LogP contribution in [-0.4, -0.2) is 11.5 Å². The second-order valence-corrected chi connectivity index (χ2v) is 5.18. The van der Waals surface area contributed by atoms with Gasteiger partial charge >= 0.3 is 0 Å². The van der Waals surface area contributed by atoms with Gasteiger partial charge in [-0.25, -0.2) is 4.39 Å². The Morgan fingerprint density at radius 1 is 1.35 bits per heavy atom. The molecule has 0 spiro atoms. The Morgan fingerprint density at radius 2 is 2.12 bits per heavy atom. The summed E-state index contributed by atoms with van der Waals surface area (Å²) in [5.41, 5.74) is 1.41. The van der Waals surface area contributed by atoms with Crippen molar-refractivity contribution in [2.45, 2.75) is 45.6 Å². The topological polar surface area (TPSA) is 24.9 Å². The fourth-order valence-electron chi connectivity index (χ4n) is 2.80. The summed E-state index contributed by atoms with van der Waals surface area (Å²) in [5.74, 6) is -0.254. The molecule has 2 rings (SSSR count). The summed E-state index contributed by atoms with van der Waals surface area (Å²) in [6.07, 6.45) is 9.59. The SMILES string of the molecule is CCC1(CNCc2cncc(F)c2)CCCC1. The van der Waals surface area contributed by atoms with Crippen LogP contribution >= 0.6 is 0 Å². The van der Waals surface area contributed by atoms with Crippen LogP contribution in [0.4, 0.5) is 4.39 Å². The molecule has 1 aliphatic rings. The summed E-state index contributed by atoms with van der Waals surface area (Å²) in [7, 11) is 0. The van der Waals surface area contributed by atoms with Crippen molar-refractivity contribution in [3.63, 3.8) is 0 Å². The lowest BCUT2D eigenvalue weighted by molar-refractivity contribution is 0.268. The Labute approximate surface area is 103 Å². The van der Waals surface area contributed by atoms with Crippen molar-refractivity contribution < 1.29 is 4.39 Å². The molecular formula is C14H21FN2. The number of halogens is 1. The Hall–Kier alpha value is -0.960. The first kappa shape index (κ1) is 12.5. The summed E-state index contributed by atoms with van der Waals surface area (Å²) in [4.78, 5) is 3.86. The molecule has 0 amide bonds. The maximum Gasteiger partial charge on any atom is 0.141 e. The second kappa shape index (κ2) is 5.58. The van der Waals surface area contributed by atoms with Gasteiger partial charge in [-0.2, -0.15) is 0 Å². The Bertz CT molecular complexity index is 359. The van der Waals surface area contributed by atoms with Gasteiger partial charge in [-0.1, -0.05) is 19.8 Å². The summed E-state index contributed by atoms with van der Waals surface area (Å²) < 4.78 is 12.9. The van der Waals surface area contributed by atoms with Gasteiger partial charge in [0.1, 0.15) is 5.82 Å². The van der Waals surface area contributed by atoms with Gasteiger partial charge in [0.15, 0.2) is 0 Å². The third kappa shape index (κ3) is 3.25. The van der Waals surface area contributed by atoms with Crippen molar-refractivity contribution in [2.24, 2.45) is 5.41 Å². The van der Waals surface area contributed by atoms with Gasteiger partial charge in [-0.05, 0) is 36.3 Å². The van der Waals surface area contributed by atoms with Crippen molar-refractivity contribution in [2.75, 3.05) is 6.54 Å². The van der Waals surface area contributed by atoms with Crippen LogP contribution in [0.25, 0.3) is 0 Å². The molecular weight excluding hydrogens is 215 g/mol. The zero-order valence-corrected chi connectivity index (χ0v) is 10.5. The highest BCUT2D eigenvalue weighted by atomic mass is 19.1. The number of nitrogens with zero attached hydrogens (tertiary/aromatic N) is 1. The van der Waals surface area contributed by atoms with Crippen LogP contribution in [0.15, 0.2) is 18.5 Å². The molecule has 0 bridgehead atoms. The van der Waals surface area contributed by atoms with Gasteiger partial charge in [0.25, 0.3) is 0 Å². The maximum atomic E-state index is 12.9. The highest BCUT2D eigenvalue weighted by molar-refractivity contribution is 5.09. The van der Waals surface area contributed by atoms with Crippen molar-refractivity contribution >= 4 is 0 Å². The third-order valence-corrected chi connectivity index (χ3v) is 4.00. The van der Waals surface area contributed by atoms with Gasteiger partial charge in [0.05, 0.1) is 6.20 Å². The van der Waals surface area contributed by atoms with Crippen LogP contribution in [0.2, 0.25) is 0 Å². The molecule has 94 valence electrons. The van der Waals surface area contributed by atoms with Gasteiger partial charge < -0.3 is 5.32 Å². The summed E-state index contributed by atoms with van der Waals surface area (Å²) in [6.45, 7) is 4.03. The average molecular weight is 236 g/mol. The quantitative estimate of drug-likeness (QED) is 0.848. The van der Waals surface area contributed by atoms with E-state index in [1.165, 1.54) is 38.3 Å². The molecule has 1 aromatic heterocycles. The van der Waals surface area contributed by atoms with Crippen LogP contribution in [0.1, 0.15) is 44.6 Å². The normalized spacial score (nSPS) is 18.5. The molecule has 2 nitrogen and oxygen atoms in total. The predicted octanol–water partition coefficient (Wildman–Crippen LogP) is 3.28. The van der Waals surface area contributed by atoms with Crippen LogP contribution in [0, 0.1) is 11.2 Å². The molecule has 1 aromatic rings. The van der Waals surface area contributed by atoms with Crippen LogP contribution < -0.4 is 5.32 Å². The highest BCUT2D eigenvalue weighted by Crippen LogP contribution is 2.40. The molecule has 0 radical (unpaired) electrons. The van der Waals surface area contributed by atoms with Crippen molar-refractivity contribution in [1.82, 2.24) is 10.3 Å². The largest absolute Gasteiger partial charge is 0.312 e. The molecule has 0 aromatic carbocycles. The first-order valence-corrected chi connectivity index (χ1v) is 6.54. The standard InChI is InChI=1S/C14H21FN2/c1-2-14(5-3-4-6-14)11-17-9-12-7-13(15)10-16-8-12/h7-8,10,17H,2-6,9,11H2,1H3. The minimum absolute atomic E-state index is 0.254. The van der Waals surface area contributed by atoms with Crippen molar-refractivity contribution in [3.8, 4) is 0 Å². The lowest BCUT2D eigenvalue weighted by Crippen LogP contribution is -2.31. The van der Waals surface area contributed by atoms with E-state index in [0.717, 1.165) is 12.1 Å². The van der Waals surface area contributed by atoms with Crippen LogP contribution in [0.5, 0.6) is 0 Å². The number of aromatic nitrogens is 1. The zero-order chi connectivity index (χ0) is 12.1. The monoisotopic (exact) mass is 236 g/mol. The molecule has 0 unspecified atom stereocenters. The van der Waals surface area contributed by atoms with Gasteiger partial charge in [0.2, 0.25) is 0 Å². The second-order valence-electron chi connectivity index (χ2n) is 5.18. The zero-order valence-electron chi connectivity index (χ0n) is 10.5. The Morgan fingerprint density at radius 3 is 2.76 bits per heavy atom. The molecule has 1 aliphatic carbocycles. The summed E-state index contributed by atoms with van der Waals surface area (Å²) >= 11 is 0. The number of nitrogens with one attached hydrogen (secondary N) is 1. The molecule has 1 saturated carbocycles. The van der Waals surface area contributed by atoms with Crippen LogP contribution in [0.3, 0.4) is 0 Å². The van der Waals surface area contributed by atoms with Crippen LogP contribution in [-0.2, 0) is 6.54 Å². The van der Waals surface area contributed by atoms with E-state index in [9.17, 15) is 4.39 Å². The predicted molar refractivity (Wildman–Crippen MR) is 67.1 cm³/mol. The van der Waals surface area contributed by atoms with E-state index in [2.05, 4.69) is 17.2 Å². The lowest BCUT2D eigenvalue weighted by Gasteiger charge is -2.27. The first-order chi connectivity index (χ1) is 8.24. The van der Waals surface area contributed by atoms with Gasteiger partial charge in [-0.3, -0.25) is 4.98 Å². The molecule has 1 N–H and O–H groups in total. The maximum absolute atomic E-state index is 12.9. The van der Waals surface area contributed by atoms with Crippen molar-refractivity contribution in [3.05, 3.63) is 29.8 Å². The third-order valence-electron chi connectivity index (χ3n) is 4.00. The van der Waals surface area contributed by atoms with E-state index < -0.39 is 0 Å². The smallest absolute Gasteiger partial charge is 0.141 e. The minimum Gasteiger partial charge on any atom is -0.312 e. The average Bonchev–Trinajstić information content (AvgIpc) is 2.79. The van der Waals surface area contributed by atoms with E-state index in [0.29, 0.717) is 12.0 Å². The van der Waals surface area contributed by atoms with E-state index in [1.807, 2.05) is 0 Å².